The Balaban J connectivity index is 0.00000288. The highest BCUT2D eigenvalue weighted by Gasteiger charge is 2.18. The maximum atomic E-state index is 6.14. The van der Waals surface area contributed by atoms with Gasteiger partial charge in [0.15, 0.2) is 17.5 Å². The molecule has 1 aliphatic heterocycles. The summed E-state index contributed by atoms with van der Waals surface area (Å²) in [6, 6.07) is 3.78. The van der Waals surface area contributed by atoms with Crippen molar-refractivity contribution in [3.63, 3.8) is 0 Å². The molecule has 0 radical (unpaired) electrons. The second-order valence-corrected chi connectivity index (χ2v) is 5.84. The molecule has 1 heterocycles. The van der Waals surface area contributed by atoms with Crippen molar-refractivity contribution in [1.82, 2.24) is 4.90 Å². The number of halogens is 1. The monoisotopic (exact) mass is 449 g/mol. The zero-order valence-corrected chi connectivity index (χ0v) is 17.2. The molecule has 0 aliphatic carbocycles. The Morgan fingerprint density at radius 2 is 1.75 bits per heavy atom. The summed E-state index contributed by atoms with van der Waals surface area (Å²) >= 11 is 0. The van der Waals surface area contributed by atoms with E-state index < -0.39 is 0 Å². The molecule has 1 aromatic rings. The summed E-state index contributed by atoms with van der Waals surface area (Å²) in [5.41, 5.74) is 7.05. The van der Waals surface area contributed by atoms with Gasteiger partial charge in [-0.1, -0.05) is 6.92 Å². The average Bonchev–Trinajstić information content (AvgIpc) is 2.59. The highest BCUT2D eigenvalue weighted by molar-refractivity contribution is 14.0. The standard InChI is InChI=1S/C17H27N3O3.HI/c1-12-7-9-20(10-8-12)17(18)19-11-13-5-6-14(21-2)16(23-4)15(13)22-3;/h5-6,12H,7-11H2,1-4H3,(H2,18,19);1H. The van der Waals surface area contributed by atoms with Gasteiger partial charge >= 0.3 is 0 Å². The number of nitrogens with two attached hydrogens (primary N) is 1. The topological polar surface area (TPSA) is 69.3 Å². The molecule has 1 aliphatic rings. The van der Waals surface area contributed by atoms with Crippen LogP contribution in [0.5, 0.6) is 17.2 Å². The van der Waals surface area contributed by atoms with Crippen molar-refractivity contribution in [2.24, 2.45) is 16.6 Å². The van der Waals surface area contributed by atoms with Crippen LogP contribution in [-0.2, 0) is 6.54 Å². The third-order valence-corrected chi connectivity index (χ3v) is 4.30. The number of nitrogens with zero attached hydrogens (tertiary/aromatic N) is 2. The number of piperidine rings is 1. The zero-order chi connectivity index (χ0) is 16.8. The Labute approximate surface area is 161 Å². The molecular weight excluding hydrogens is 421 g/mol. The summed E-state index contributed by atoms with van der Waals surface area (Å²) in [6.07, 6.45) is 2.33. The van der Waals surface area contributed by atoms with Crippen LogP contribution in [0.25, 0.3) is 0 Å². The summed E-state index contributed by atoms with van der Waals surface area (Å²) < 4.78 is 16.2. The zero-order valence-electron chi connectivity index (χ0n) is 14.9. The molecule has 0 unspecified atom stereocenters. The average molecular weight is 449 g/mol. The van der Waals surface area contributed by atoms with Crippen molar-refractivity contribution in [2.75, 3.05) is 34.4 Å². The van der Waals surface area contributed by atoms with Gasteiger partial charge in [0.2, 0.25) is 5.75 Å². The van der Waals surface area contributed by atoms with E-state index in [2.05, 4.69) is 16.8 Å². The van der Waals surface area contributed by atoms with Gasteiger partial charge in [0.05, 0.1) is 27.9 Å². The number of ether oxygens (including phenoxy) is 3. The van der Waals surface area contributed by atoms with E-state index in [1.54, 1.807) is 21.3 Å². The maximum Gasteiger partial charge on any atom is 0.203 e. The first-order valence-corrected chi connectivity index (χ1v) is 7.93. The van der Waals surface area contributed by atoms with Gasteiger partial charge < -0.3 is 24.8 Å². The molecule has 1 saturated heterocycles. The molecule has 0 saturated carbocycles. The fraction of sp³-hybridized carbons (Fsp3) is 0.588. The highest BCUT2D eigenvalue weighted by atomic mass is 127. The second kappa shape index (κ2) is 9.80. The predicted molar refractivity (Wildman–Crippen MR) is 107 cm³/mol. The number of hydrogen-bond acceptors (Lipinski definition) is 4. The molecule has 136 valence electrons. The summed E-state index contributed by atoms with van der Waals surface area (Å²) in [7, 11) is 4.81. The van der Waals surface area contributed by atoms with Crippen LogP contribution < -0.4 is 19.9 Å². The van der Waals surface area contributed by atoms with Crippen LogP contribution in [0.4, 0.5) is 0 Å². The van der Waals surface area contributed by atoms with E-state index in [0.717, 1.165) is 37.4 Å². The molecule has 0 spiro atoms. The molecule has 6 nitrogen and oxygen atoms in total. The predicted octanol–water partition coefficient (Wildman–Crippen LogP) is 2.88. The van der Waals surface area contributed by atoms with E-state index in [1.165, 1.54) is 0 Å². The van der Waals surface area contributed by atoms with Gasteiger partial charge in [0.25, 0.3) is 0 Å². The third kappa shape index (κ3) is 4.81. The van der Waals surface area contributed by atoms with Crippen molar-refractivity contribution in [3.05, 3.63) is 17.7 Å². The van der Waals surface area contributed by atoms with Gasteiger partial charge in [-0.3, -0.25) is 0 Å². The first-order chi connectivity index (χ1) is 11.1. The van der Waals surface area contributed by atoms with Crippen LogP contribution >= 0.6 is 24.0 Å². The van der Waals surface area contributed by atoms with Crippen LogP contribution in [0.15, 0.2) is 17.1 Å². The lowest BCUT2D eigenvalue weighted by atomic mass is 10.00. The van der Waals surface area contributed by atoms with Gasteiger partial charge in [-0.15, -0.1) is 24.0 Å². The van der Waals surface area contributed by atoms with E-state index in [0.29, 0.717) is 29.8 Å². The molecule has 2 rings (SSSR count). The number of likely N-dealkylation sites (tertiary alicyclic amines) is 1. The maximum absolute atomic E-state index is 6.14. The fourth-order valence-corrected chi connectivity index (χ4v) is 2.79. The molecule has 0 bridgehead atoms. The highest BCUT2D eigenvalue weighted by Crippen LogP contribution is 2.39. The number of benzene rings is 1. The Morgan fingerprint density at radius 1 is 1.12 bits per heavy atom. The lowest BCUT2D eigenvalue weighted by Gasteiger charge is -2.31. The first-order valence-electron chi connectivity index (χ1n) is 7.93. The normalized spacial score (nSPS) is 15.7. The van der Waals surface area contributed by atoms with Crippen molar-refractivity contribution in [2.45, 2.75) is 26.3 Å². The van der Waals surface area contributed by atoms with Gasteiger partial charge in [-0.05, 0) is 30.9 Å². The van der Waals surface area contributed by atoms with E-state index in [1.807, 2.05) is 12.1 Å². The Hall–Kier alpha value is -1.38. The van der Waals surface area contributed by atoms with Crippen LogP contribution in [0.2, 0.25) is 0 Å². The molecule has 1 aromatic carbocycles. The van der Waals surface area contributed by atoms with Gasteiger partial charge in [-0.25, -0.2) is 4.99 Å². The number of methoxy groups -OCH3 is 3. The lowest BCUT2D eigenvalue weighted by molar-refractivity contribution is 0.277. The number of rotatable bonds is 5. The summed E-state index contributed by atoms with van der Waals surface area (Å²) in [5.74, 6) is 3.21. The van der Waals surface area contributed by atoms with Crippen LogP contribution in [0.3, 0.4) is 0 Å². The Bertz CT molecular complexity index is 558. The third-order valence-electron chi connectivity index (χ3n) is 4.30. The fourth-order valence-electron chi connectivity index (χ4n) is 2.79. The number of aliphatic imine (C=N–C) groups is 1. The second-order valence-electron chi connectivity index (χ2n) is 5.84. The van der Waals surface area contributed by atoms with Crippen molar-refractivity contribution in [1.29, 1.82) is 0 Å². The Morgan fingerprint density at radius 3 is 2.29 bits per heavy atom. The molecule has 7 heteroatoms. The minimum atomic E-state index is 0. The molecule has 0 atom stereocenters. The lowest BCUT2D eigenvalue weighted by Crippen LogP contribution is -2.42. The van der Waals surface area contributed by atoms with E-state index in [4.69, 9.17) is 19.9 Å². The Kier molecular flexibility index (Phi) is 8.44. The SMILES string of the molecule is COc1ccc(CN=C(N)N2CCC(C)CC2)c(OC)c1OC.I. The van der Waals surface area contributed by atoms with Crippen LogP contribution in [0, 0.1) is 5.92 Å². The van der Waals surface area contributed by atoms with Crippen molar-refractivity contribution < 1.29 is 14.2 Å². The van der Waals surface area contributed by atoms with Crippen molar-refractivity contribution >= 4 is 29.9 Å². The van der Waals surface area contributed by atoms with Crippen LogP contribution in [-0.4, -0.2) is 45.3 Å². The van der Waals surface area contributed by atoms with Gasteiger partial charge in [-0.2, -0.15) is 0 Å². The van der Waals surface area contributed by atoms with E-state index in [-0.39, 0.29) is 24.0 Å². The summed E-state index contributed by atoms with van der Waals surface area (Å²) in [4.78, 5) is 6.67. The minimum Gasteiger partial charge on any atom is -0.493 e. The van der Waals surface area contributed by atoms with E-state index in [9.17, 15) is 0 Å². The number of guanidine groups is 1. The van der Waals surface area contributed by atoms with Gasteiger partial charge in [0.1, 0.15) is 0 Å². The molecule has 24 heavy (non-hydrogen) atoms. The summed E-state index contributed by atoms with van der Waals surface area (Å²) in [6.45, 7) is 4.67. The van der Waals surface area contributed by atoms with Crippen molar-refractivity contribution in [3.8, 4) is 17.2 Å². The molecule has 0 amide bonds. The smallest absolute Gasteiger partial charge is 0.203 e. The first kappa shape index (κ1) is 20.7. The molecule has 1 fully saturated rings. The quantitative estimate of drug-likeness (QED) is 0.426. The molecular formula is C17H28IN3O3. The van der Waals surface area contributed by atoms with Crippen LogP contribution in [0.1, 0.15) is 25.3 Å². The largest absolute Gasteiger partial charge is 0.493 e. The number of hydrogen-bond donors (Lipinski definition) is 1. The summed E-state index contributed by atoms with van der Waals surface area (Å²) in [5, 5.41) is 0. The van der Waals surface area contributed by atoms with Gasteiger partial charge in [0, 0.05) is 18.7 Å². The van der Waals surface area contributed by atoms with E-state index >= 15 is 0 Å². The molecule has 0 aromatic heterocycles. The molecule has 2 N–H and O–H groups in total. The minimum absolute atomic E-state index is 0.